The largest absolute Gasteiger partial charge is 0.460 e. The maximum absolute atomic E-state index is 11.2. The molecule has 0 heterocycles. The van der Waals surface area contributed by atoms with Gasteiger partial charge in [0.2, 0.25) is 0 Å². The Morgan fingerprint density at radius 1 is 0.368 bits per heavy atom. The number of hydrogen-bond donors (Lipinski definition) is 0. The molecule has 0 saturated carbocycles. The first-order valence-electron chi connectivity index (χ1n) is 12.7. The van der Waals surface area contributed by atoms with Crippen LogP contribution in [0.4, 0.5) is 0 Å². The molecule has 38 heavy (non-hydrogen) atoms. The molecule has 0 atom stereocenters. The maximum atomic E-state index is 11.2. The highest BCUT2D eigenvalue weighted by atomic mass is 16.6. The molecule has 0 fully saturated rings. The van der Waals surface area contributed by atoms with Crippen LogP contribution in [0.25, 0.3) is 0 Å². The zero-order chi connectivity index (χ0) is 28.1. The number of carbonyl (C=O) groups excluding carboxylic acids is 2. The van der Waals surface area contributed by atoms with Gasteiger partial charge in [0.15, 0.2) is 0 Å². The van der Waals surface area contributed by atoms with Crippen molar-refractivity contribution in [3.8, 4) is 0 Å². The van der Waals surface area contributed by atoms with Gasteiger partial charge in [-0.25, -0.2) is 9.59 Å². The third kappa shape index (κ3) is 27.1. The van der Waals surface area contributed by atoms with E-state index in [1.165, 1.54) is 0 Å². The molecule has 0 saturated heterocycles. The Bertz CT molecular complexity index is 559. The molecule has 0 amide bonds. The second-order valence-electron chi connectivity index (χ2n) is 7.73. The van der Waals surface area contributed by atoms with Gasteiger partial charge in [0.25, 0.3) is 0 Å². The van der Waals surface area contributed by atoms with Gasteiger partial charge < -0.3 is 47.4 Å². The number of hydrogen-bond acceptors (Lipinski definition) is 12. The van der Waals surface area contributed by atoms with E-state index >= 15 is 0 Å². The molecule has 0 aliphatic rings. The molecule has 0 bridgehead atoms. The number of rotatable bonds is 29. The fourth-order valence-electron chi connectivity index (χ4n) is 2.27. The minimum absolute atomic E-state index is 0.196. The molecule has 0 aromatic carbocycles. The fourth-order valence-corrected chi connectivity index (χ4v) is 2.27. The molecular formula is C26H46O12. The highest BCUT2D eigenvalue weighted by Crippen LogP contribution is 1.93. The van der Waals surface area contributed by atoms with Crippen molar-refractivity contribution in [2.45, 2.75) is 13.8 Å². The molecule has 0 unspecified atom stereocenters. The van der Waals surface area contributed by atoms with E-state index in [1.807, 2.05) is 0 Å². The molecule has 0 aliphatic carbocycles. The summed E-state index contributed by atoms with van der Waals surface area (Å²) in [6, 6.07) is 0. The summed E-state index contributed by atoms with van der Waals surface area (Å²) >= 11 is 0. The SMILES string of the molecule is C=C(C)C(=O)OCCOCCOCCOCCOCCOCCOCCOCCOCCOC(=O)C(=C)C. The molecule has 12 nitrogen and oxygen atoms in total. The first-order chi connectivity index (χ1) is 18.4. The second-order valence-corrected chi connectivity index (χ2v) is 7.73. The van der Waals surface area contributed by atoms with Gasteiger partial charge in [-0.15, -0.1) is 0 Å². The van der Waals surface area contributed by atoms with Crippen molar-refractivity contribution < 1.29 is 57.0 Å². The highest BCUT2D eigenvalue weighted by Gasteiger charge is 2.03. The van der Waals surface area contributed by atoms with E-state index in [4.69, 9.17) is 47.4 Å². The molecule has 0 aliphatic heterocycles. The summed E-state index contributed by atoms with van der Waals surface area (Å²) in [5.41, 5.74) is 0.733. The second kappa shape index (κ2) is 28.1. The van der Waals surface area contributed by atoms with Crippen LogP contribution in [0.2, 0.25) is 0 Å². The van der Waals surface area contributed by atoms with Crippen LogP contribution in [0.15, 0.2) is 24.3 Å². The van der Waals surface area contributed by atoms with Gasteiger partial charge >= 0.3 is 11.9 Å². The normalized spacial score (nSPS) is 10.9. The summed E-state index contributed by atoms with van der Waals surface area (Å²) in [7, 11) is 0. The summed E-state index contributed by atoms with van der Waals surface area (Å²) in [4.78, 5) is 22.3. The van der Waals surface area contributed by atoms with E-state index in [-0.39, 0.29) is 13.2 Å². The molecule has 0 N–H and O–H groups in total. The lowest BCUT2D eigenvalue weighted by Crippen LogP contribution is -2.16. The van der Waals surface area contributed by atoms with Gasteiger partial charge in [-0.2, -0.15) is 0 Å². The molecule has 12 heteroatoms. The van der Waals surface area contributed by atoms with E-state index in [9.17, 15) is 9.59 Å². The lowest BCUT2D eigenvalue weighted by molar-refractivity contribution is -0.141. The van der Waals surface area contributed by atoms with Crippen LogP contribution in [0.3, 0.4) is 0 Å². The van der Waals surface area contributed by atoms with Crippen LogP contribution >= 0.6 is 0 Å². The number of esters is 2. The molecule has 0 rings (SSSR count). The van der Waals surface area contributed by atoms with Gasteiger partial charge in [0.1, 0.15) is 13.2 Å². The average Bonchev–Trinajstić information content (AvgIpc) is 2.89. The first kappa shape index (κ1) is 36.1. The van der Waals surface area contributed by atoms with E-state index < -0.39 is 11.9 Å². The minimum Gasteiger partial charge on any atom is -0.460 e. The smallest absolute Gasteiger partial charge is 0.333 e. The molecule has 0 spiro atoms. The van der Waals surface area contributed by atoms with Crippen molar-refractivity contribution in [2.75, 3.05) is 119 Å². The van der Waals surface area contributed by atoms with Gasteiger partial charge in [-0.05, 0) is 13.8 Å². The zero-order valence-electron chi connectivity index (χ0n) is 23.0. The predicted molar refractivity (Wildman–Crippen MR) is 138 cm³/mol. The van der Waals surface area contributed by atoms with E-state index in [2.05, 4.69) is 13.2 Å². The minimum atomic E-state index is -0.416. The van der Waals surface area contributed by atoms with Crippen molar-refractivity contribution in [3.05, 3.63) is 24.3 Å². The lowest BCUT2D eigenvalue weighted by Gasteiger charge is -2.09. The summed E-state index contributed by atoms with van der Waals surface area (Å²) in [6.45, 7) is 17.7. The van der Waals surface area contributed by atoms with Gasteiger partial charge in [-0.3, -0.25) is 0 Å². The van der Waals surface area contributed by atoms with E-state index in [0.29, 0.717) is 117 Å². The summed E-state index contributed by atoms with van der Waals surface area (Å²) in [5.74, 6) is -0.832. The van der Waals surface area contributed by atoms with Crippen molar-refractivity contribution in [3.63, 3.8) is 0 Å². The quantitative estimate of drug-likeness (QED) is 0.0758. The van der Waals surface area contributed by atoms with Crippen molar-refractivity contribution >= 4 is 11.9 Å². The van der Waals surface area contributed by atoms with Crippen molar-refractivity contribution in [1.29, 1.82) is 0 Å². The van der Waals surface area contributed by atoms with Gasteiger partial charge in [-0.1, -0.05) is 13.2 Å². The Hall–Kier alpha value is -1.90. The van der Waals surface area contributed by atoms with Crippen LogP contribution in [0.1, 0.15) is 13.8 Å². The monoisotopic (exact) mass is 550 g/mol. The predicted octanol–water partition coefficient (Wildman–Crippen LogP) is 1.36. The standard InChI is InChI=1S/C26H46O12/c1-23(2)25(27)37-21-19-35-17-15-33-13-11-31-9-7-29-5-6-30-8-10-32-12-14-34-16-18-36-20-22-38-26(28)24(3)4/h1,3,5-22H2,2,4H3. The number of carbonyl (C=O) groups is 2. The topological polar surface area (TPSA) is 126 Å². The average molecular weight is 551 g/mol. The van der Waals surface area contributed by atoms with Crippen LogP contribution in [-0.4, -0.2) is 131 Å². The van der Waals surface area contributed by atoms with Gasteiger partial charge in [0.05, 0.1) is 106 Å². The van der Waals surface area contributed by atoms with Gasteiger partial charge in [0, 0.05) is 11.1 Å². The molecule has 0 aromatic heterocycles. The van der Waals surface area contributed by atoms with Crippen molar-refractivity contribution in [1.82, 2.24) is 0 Å². The van der Waals surface area contributed by atoms with Crippen LogP contribution in [0, 0.1) is 0 Å². The third-order valence-corrected chi connectivity index (χ3v) is 4.22. The van der Waals surface area contributed by atoms with E-state index in [0.717, 1.165) is 0 Å². The highest BCUT2D eigenvalue weighted by molar-refractivity contribution is 5.87. The summed E-state index contributed by atoms with van der Waals surface area (Å²) in [6.07, 6.45) is 0. The maximum Gasteiger partial charge on any atom is 0.333 e. The molecule has 0 aromatic rings. The summed E-state index contributed by atoms with van der Waals surface area (Å²) < 4.78 is 52.8. The summed E-state index contributed by atoms with van der Waals surface area (Å²) in [5, 5.41) is 0. The Labute approximate surface area is 226 Å². The Kier molecular flexibility index (Phi) is 26.7. The first-order valence-corrected chi connectivity index (χ1v) is 12.7. The molecule has 222 valence electrons. The lowest BCUT2D eigenvalue weighted by atomic mass is 10.4. The third-order valence-electron chi connectivity index (χ3n) is 4.22. The fraction of sp³-hybridized carbons (Fsp3) is 0.769. The Balaban J connectivity index is 3.10. The van der Waals surface area contributed by atoms with E-state index in [1.54, 1.807) is 13.8 Å². The number of ether oxygens (including phenoxy) is 10. The van der Waals surface area contributed by atoms with Crippen molar-refractivity contribution in [2.24, 2.45) is 0 Å². The molecular weight excluding hydrogens is 504 g/mol. The van der Waals surface area contributed by atoms with Crippen LogP contribution in [-0.2, 0) is 57.0 Å². The zero-order valence-corrected chi connectivity index (χ0v) is 23.0. The molecule has 0 radical (unpaired) electrons. The Morgan fingerprint density at radius 3 is 0.684 bits per heavy atom. The van der Waals surface area contributed by atoms with Crippen LogP contribution < -0.4 is 0 Å². The Morgan fingerprint density at radius 2 is 0.526 bits per heavy atom. The van der Waals surface area contributed by atoms with Crippen LogP contribution in [0.5, 0.6) is 0 Å².